The molecule has 6 nitrogen and oxygen atoms in total. The molecule has 3 aromatic rings. The highest BCUT2D eigenvalue weighted by molar-refractivity contribution is 7.16. The van der Waals surface area contributed by atoms with Gasteiger partial charge in [-0.2, -0.15) is 5.10 Å². The molecule has 3 rings (SSSR count). The summed E-state index contributed by atoms with van der Waals surface area (Å²) in [6.45, 7) is 2.49. The number of imidazole rings is 1. The summed E-state index contributed by atoms with van der Waals surface area (Å²) in [4.78, 5) is 21.1. The van der Waals surface area contributed by atoms with Gasteiger partial charge >= 0.3 is 0 Å². The fourth-order valence-corrected chi connectivity index (χ4v) is 2.61. The van der Waals surface area contributed by atoms with Crippen LogP contribution in [-0.2, 0) is 6.42 Å². The monoisotopic (exact) mass is 287 g/mol. The van der Waals surface area contributed by atoms with Gasteiger partial charge in [-0.15, -0.1) is 0 Å². The zero-order valence-electron chi connectivity index (χ0n) is 10.9. The maximum Gasteiger partial charge on any atom is 0.252 e. The van der Waals surface area contributed by atoms with Crippen molar-refractivity contribution in [3.63, 3.8) is 0 Å². The zero-order valence-corrected chi connectivity index (χ0v) is 11.7. The van der Waals surface area contributed by atoms with Gasteiger partial charge < -0.3 is 5.32 Å². The first-order valence-electron chi connectivity index (χ1n) is 6.22. The van der Waals surface area contributed by atoms with Gasteiger partial charge in [0.2, 0.25) is 4.96 Å². The number of pyridine rings is 1. The van der Waals surface area contributed by atoms with Gasteiger partial charge in [0.1, 0.15) is 5.01 Å². The molecule has 0 aliphatic heterocycles. The zero-order chi connectivity index (χ0) is 13.9. The Hall–Kier alpha value is -2.28. The second-order valence-corrected chi connectivity index (χ2v) is 5.49. The molecule has 0 bridgehead atoms. The number of rotatable bonds is 4. The molecular weight excluding hydrogens is 274 g/mol. The van der Waals surface area contributed by atoms with Crippen LogP contribution >= 0.6 is 11.3 Å². The SMILES string of the molecule is Cc1nn2cc(CCNC(=O)c3cccnc3)nc2s1. The molecule has 1 N–H and O–H groups in total. The van der Waals surface area contributed by atoms with Gasteiger partial charge in [0.25, 0.3) is 5.91 Å². The number of carbonyl (C=O) groups is 1. The average molecular weight is 287 g/mol. The van der Waals surface area contributed by atoms with Gasteiger partial charge in [-0.1, -0.05) is 11.3 Å². The Bertz CT molecular complexity index is 702. The summed E-state index contributed by atoms with van der Waals surface area (Å²) in [7, 11) is 0. The van der Waals surface area contributed by atoms with Crippen LogP contribution in [0.15, 0.2) is 30.7 Å². The van der Waals surface area contributed by atoms with Crippen molar-refractivity contribution in [2.24, 2.45) is 0 Å². The summed E-state index contributed by atoms with van der Waals surface area (Å²) >= 11 is 1.55. The Morgan fingerprint density at radius 2 is 2.40 bits per heavy atom. The second-order valence-electron chi connectivity index (χ2n) is 4.33. The molecule has 102 valence electrons. The molecule has 7 heteroatoms. The fourth-order valence-electron chi connectivity index (χ4n) is 1.87. The molecule has 20 heavy (non-hydrogen) atoms. The van der Waals surface area contributed by atoms with Crippen LogP contribution in [0, 0.1) is 6.92 Å². The molecule has 1 amide bonds. The van der Waals surface area contributed by atoms with Gasteiger partial charge in [0.05, 0.1) is 17.5 Å². The molecule has 0 aliphatic rings. The Labute approximate surface area is 119 Å². The van der Waals surface area contributed by atoms with Crippen LogP contribution in [0.5, 0.6) is 0 Å². The molecule has 0 saturated carbocycles. The van der Waals surface area contributed by atoms with Crippen LogP contribution in [0.3, 0.4) is 0 Å². The van der Waals surface area contributed by atoms with E-state index in [1.165, 1.54) is 0 Å². The van der Waals surface area contributed by atoms with E-state index in [1.807, 2.05) is 13.1 Å². The van der Waals surface area contributed by atoms with E-state index in [0.29, 0.717) is 18.5 Å². The molecule has 0 aromatic carbocycles. The molecule has 0 unspecified atom stereocenters. The molecular formula is C13H13N5OS. The lowest BCUT2D eigenvalue weighted by atomic mass is 10.2. The maximum atomic E-state index is 11.8. The number of fused-ring (bicyclic) bond motifs is 1. The first-order valence-corrected chi connectivity index (χ1v) is 7.04. The molecule has 0 fully saturated rings. The first kappa shape index (κ1) is 12.7. The maximum absolute atomic E-state index is 11.8. The van der Waals surface area contributed by atoms with Crippen molar-refractivity contribution in [2.75, 3.05) is 6.54 Å². The van der Waals surface area contributed by atoms with E-state index in [0.717, 1.165) is 15.7 Å². The van der Waals surface area contributed by atoms with Crippen LogP contribution in [0.1, 0.15) is 21.1 Å². The van der Waals surface area contributed by atoms with Crippen LogP contribution in [0.4, 0.5) is 0 Å². The highest BCUT2D eigenvalue weighted by Crippen LogP contribution is 2.13. The third kappa shape index (κ3) is 2.67. The lowest BCUT2D eigenvalue weighted by Crippen LogP contribution is -2.25. The van der Waals surface area contributed by atoms with Gasteiger partial charge in [0, 0.05) is 25.4 Å². The minimum Gasteiger partial charge on any atom is -0.352 e. The largest absolute Gasteiger partial charge is 0.352 e. The van der Waals surface area contributed by atoms with Crippen LogP contribution < -0.4 is 5.32 Å². The van der Waals surface area contributed by atoms with Crippen molar-refractivity contribution in [1.29, 1.82) is 0 Å². The standard InChI is InChI=1S/C13H13N5OS/c1-9-17-18-8-11(16-13(18)20-9)4-6-15-12(19)10-3-2-5-14-7-10/h2-3,5,7-8H,4,6H2,1H3,(H,15,19). The second kappa shape index (κ2) is 5.38. The van der Waals surface area contributed by atoms with Crippen LogP contribution in [-0.4, -0.2) is 32.0 Å². The minimum absolute atomic E-state index is 0.118. The van der Waals surface area contributed by atoms with Crippen molar-refractivity contribution >= 4 is 22.2 Å². The predicted octanol–water partition coefficient (Wildman–Crippen LogP) is 1.47. The van der Waals surface area contributed by atoms with E-state index < -0.39 is 0 Å². The van der Waals surface area contributed by atoms with E-state index in [1.54, 1.807) is 40.4 Å². The predicted molar refractivity (Wildman–Crippen MR) is 75.9 cm³/mol. The molecule has 0 aliphatic carbocycles. The number of hydrogen-bond acceptors (Lipinski definition) is 5. The van der Waals surface area contributed by atoms with Crippen molar-refractivity contribution in [3.8, 4) is 0 Å². The topological polar surface area (TPSA) is 72.2 Å². The van der Waals surface area contributed by atoms with E-state index in [4.69, 9.17) is 0 Å². The summed E-state index contributed by atoms with van der Waals surface area (Å²) in [6, 6.07) is 3.48. The molecule has 0 atom stereocenters. The molecule has 0 radical (unpaired) electrons. The molecule has 3 heterocycles. The van der Waals surface area contributed by atoms with Crippen LogP contribution in [0.25, 0.3) is 4.96 Å². The number of carbonyl (C=O) groups excluding carboxylic acids is 1. The smallest absolute Gasteiger partial charge is 0.252 e. The lowest BCUT2D eigenvalue weighted by molar-refractivity contribution is 0.0953. The van der Waals surface area contributed by atoms with Gasteiger partial charge in [0.15, 0.2) is 0 Å². The number of hydrogen-bond donors (Lipinski definition) is 1. The number of aromatic nitrogens is 4. The highest BCUT2D eigenvalue weighted by Gasteiger charge is 2.07. The van der Waals surface area contributed by atoms with Gasteiger partial charge in [-0.3, -0.25) is 9.78 Å². The van der Waals surface area contributed by atoms with E-state index in [-0.39, 0.29) is 5.91 Å². The Morgan fingerprint density at radius 1 is 1.50 bits per heavy atom. The molecule has 0 saturated heterocycles. The summed E-state index contributed by atoms with van der Waals surface area (Å²) in [5, 5.41) is 8.14. The number of amides is 1. The summed E-state index contributed by atoms with van der Waals surface area (Å²) < 4.78 is 1.78. The molecule has 0 spiro atoms. The first-order chi connectivity index (χ1) is 9.72. The lowest BCUT2D eigenvalue weighted by Gasteiger charge is -2.02. The van der Waals surface area contributed by atoms with E-state index >= 15 is 0 Å². The van der Waals surface area contributed by atoms with Gasteiger partial charge in [-0.05, 0) is 19.1 Å². The number of aryl methyl sites for hydroxylation is 1. The van der Waals surface area contributed by atoms with Crippen molar-refractivity contribution in [3.05, 3.63) is 47.0 Å². The van der Waals surface area contributed by atoms with Crippen molar-refractivity contribution in [2.45, 2.75) is 13.3 Å². The quantitative estimate of drug-likeness (QED) is 0.788. The summed E-state index contributed by atoms with van der Waals surface area (Å²) in [5.41, 5.74) is 1.49. The number of nitrogens with one attached hydrogen (secondary N) is 1. The van der Waals surface area contributed by atoms with Gasteiger partial charge in [-0.25, -0.2) is 9.50 Å². The van der Waals surface area contributed by atoms with E-state index in [9.17, 15) is 4.79 Å². The van der Waals surface area contributed by atoms with Crippen molar-refractivity contribution in [1.82, 2.24) is 24.9 Å². The van der Waals surface area contributed by atoms with E-state index in [2.05, 4.69) is 20.4 Å². The summed E-state index contributed by atoms with van der Waals surface area (Å²) in [6.07, 6.45) is 5.77. The Morgan fingerprint density at radius 3 is 3.15 bits per heavy atom. The van der Waals surface area contributed by atoms with Crippen LogP contribution in [0.2, 0.25) is 0 Å². The fraction of sp³-hybridized carbons (Fsp3) is 0.231. The molecule has 3 aromatic heterocycles. The Kier molecular flexibility index (Phi) is 3.42. The van der Waals surface area contributed by atoms with Crippen molar-refractivity contribution < 1.29 is 4.79 Å². The summed E-state index contributed by atoms with van der Waals surface area (Å²) in [5.74, 6) is -0.118. The highest BCUT2D eigenvalue weighted by atomic mass is 32.1. The average Bonchev–Trinajstić information content (AvgIpc) is 2.96. The normalized spacial score (nSPS) is 10.8. The number of nitrogens with zero attached hydrogens (tertiary/aromatic N) is 4. The minimum atomic E-state index is -0.118. The third-order valence-electron chi connectivity index (χ3n) is 2.78. The Balaban J connectivity index is 1.57. The third-order valence-corrected chi connectivity index (χ3v) is 3.62.